The van der Waals surface area contributed by atoms with Crippen LogP contribution in [-0.4, -0.2) is 16.2 Å². The number of nitrogens with one attached hydrogen (secondary N) is 2. The Labute approximate surface area is 78.9 Å². The Morgan fingerprint density at radius 3 is 2.77 bits per heavy atom. The van der Waals surface area contributed by atoms with Gasteiger partial charge in [-0.05, 0) is 37.7 Å². The van der Waals surface area contributed by atoms with Gasteiger partial charge in [-0.2, -0.15) is 5.10 Å². The minimum absolute atomic E-state index is 0.650. The SMILES string of the molecule is CC1CCC(Nc2ccn[nH]2)CC1. The first kappa shape index (κ1) is 8.60. The summed E-state index contributed by atoms with van der Waals surface area (Å²) < 4.78 is 0. The molecule has 0 saturated heterocycles. The third-order valence-corrected chi connectivity index (χ3v) is 2.88. The van der Waals surface area contributed by atoms with Crippen molar-refractivity contribution in [3.05, 3.63) is 12.3 Å². The maximum absolute atomic E-state index is 3.92. The molecule has 2 N–H and O–H groups in total. The molecule has 1 heterocycles. The van der Waals surface area contributed by atoms with Crippen molar-refractivity contribution in [1.82, 2.24) is 10.2 Å². The molecule has 0 aromatic carbocycles. The largest absolute Gasteiger partial charge is 0.368 e. The van der Waals surface area contributed by atoms with E-state index >= 15 is 0 Å². The van der Waals surface area contributed by atoms with Gasteiger partial charge in [0.1, 0.15) is 5.82 Å². The van der Waals surface area contributed by atoms with Gasteiger partial charge in [-0.3, -0.25) is 5.10 Å². The number of rotatable bonds is 2. The summed E-state index contributed by atoms with van der Waals surface area (Å²) in [6.07, 6.45) is 7.08. The summed E-state index contributed by atoms with van der Waals surface area (Å²) in [4.78, 5) is 0. The van der Waals surface area contributed by atoms with E-state index in [9.17, 15) is 0 Å². The van der Waals surface area contributed by atoms with Gasteiger partial charge in [0.15, 0.2) is 0 Å². The fourth-order valence-electron chi connectivity index (χ4n) is 1.96. The lowest BCUT2D eigenvalue weighted by Crippen LogP contribution is -2.25. The minimum Gasteiger partial charge on any atom is -0.368 e. The summed E-state index contributed by atoms with van der Waals surface area (Å²) in [6, 6.07) is 2.63. The summed E-state index contributed by atoms with van der Waals surface area (Å²) in [7, 11) is 0. The summed E-state index contributed by atoms with van der Waals surface area (Å²) >= 11 is 0. The molecule has 1 aromatic rings. The van der Waals surface area contributed by atoms with Crippen LogP contribution >= 0.6 is 0 Å². The van der Waals surface area contributed by atoms with Gasteiger partial charge in [-0.25, -0.2) is 0 Å². The molecule has 0 spiro atoms. The van der Waals surface area contributed by atoms with Crippen molar-refractivity contribution >= 4 is 5.82 Å². The molecule has 0 bridgehead atoms. The van der Waals surface area contributed by atoms with Gasteiger partial charge in [0, 0.05) is 6.04 Å². The van der Waals surface area contributed by atoms with Crippen molar-refractivity contribution in [2.75, 3.05) is 5.32 Å². The van der Waals surface area contributed by atoms with E-state index in [0.717, 1.165) is 11.7 Å². The summed E-state index contributed by atoms with van der Waals surface area (Å²) in [6.45, 7) is 2.34. The monoisotopic (exact) mass is 179 g/mol. The molecule has 72 valence electrons. The van der Waals surface area contributed by atoms with E-state index < -0.39 is 0 Å². The third kappa shape index (κ3) is 2.23. The first-order valence-corrected chi connectivity index (χ1v) is 5.10. The Kier molecular flexibility index (Phi) is 2.52. The zero-order chi connectivity index (χ0) is 9.10. The second-order valence-corrected chi connectivity index (χ2v) is 4.07. The topological polar surface area (TPSA) is 40.7 Å². The standard InChI is InChI=1S/C10H17N3/c1-8-2-4-9(5-3-8)12-10-6-7-11-13-10/h6-9H,2-5H2,1H3,(H2,11,12,13). The maximum Gasteiger partial charge on any atom is 0.121 e. The van der Waals surface area contributed by atoms with Crippen LogP contribution in [0.2, 0.25) is 0 Å². The number of aromatic amines is 1. The highest BCUT2D eigenvalue weighted by Gasteiger charge is 2.17. The molecule has 0 amide bonds. The highest BCUT2D eigenvalue weighted by atomic mass is 15.2. The van der Waals surface area contributed by atoms with Crippen LogP contribution in [0.15, 0.2) is 12.3 Å². The average Bonchev–Trinajstić information content (AvgIpc) is 2.62. The lowest BCUT2D eigenvalue weighted by Gasteiger charge is -2.26. The summed E-state index contributed by atoms with van der Waals surface area (Å²) in [5, 5.41) is 10.3. The maximum atomic E-state index is 3.92. The molecule has 0 unspecified atom stereocenters. The first-order chi connectivity index (χ1) is 6.34. The molecule has 3 heteroatoms. The lowest BCUT2D eigenvalue weighted by molar-refractivity contribution is 0.361. The molecule has 1 fully saturated rings. The van der Waals surface area contributed by atoms with Gasteiger partial charge < -0.3 is 5.32 Å². The van der Waals surface area contributed by atoms with Gasteiger partial charge in [-0.1, -0.05) is 6.92 Å². The van der Waals surface area contributed by atoms with Crippen LogP contribution in [0.1, 0.15) is 32.6 Å². The molecule has 2 rings (SSSR count). The zero-order valence-electron chi connectivity index (χ0n) is 8.09. The highest BCUT2D eigenvalue weighted by Crippen LogP contribution is 2.25. The Hall–Kier alpha value is -0.990. The number of hydrogen-bond donors (Lipinski definition) is 2. The Bertz CT molecular complexity index is 235. The van der Waals surface area contributed by atoms with Crippen molar-refractivity contribution in [2.45, 2.75) is 38.6 Å². The Morgan fingerprint density at radius 1 is 1.38 bits per heavy atom. The van der Waals surface area contributed by atoms with E-state index in [2.05, 4.69) is 22.4 Å². The van der Waals surface area contributed by atoms with Crippen LogP contribution in [-0.2, 0) is 0 Å². The number of anilines is 1. The third-order valence-electron chi connectivity index (χ3n) is 2.88. The molecule has 1 aromatic heterocycles. The molecule has 0 radical (unpaired) electrons. The number of H-pyrrole nitrogens is 1. The molecule has 0 atom stereocenters. The zero-order valence-corrected chi connectivity index (χ0v) is 8.09. The molecule has 1 saturated carbocycles. The summed E-state index contributed by atoms with van der Waals surface area (Å²) in [5.74, 6) is 1.97. The van der Waals surface area contributed by atoms with Gasteiger partial charge in [0.2, 0.25) is 0 Å². The molecular weight excluding hydrogens is 162 g/mol. The van der Waals surface area contributed by atoms with Gasteiger partial charge in [0.25, 0.3) is 0 Å². The van der Waals surface area contributed by atoms with Gasteiger partial charge in [0.05, 0.1) is 6.20 Å². The van der Waals surface area contributed by atoms with E-state index in [-0.39, 0.29) is 0 Å². The Morgan fingerprint density at radius 2 is 2.15 bits per heavy atom. The van der Waals surface area contributed by atoms with Crippen LogP contribution in [0.4, 0.5) is 5.82 Å². The average molecular weight is 179 g/mol. The van der Waals surface area contributed by atoms with Crippen molar-refractivity contribution in [3.63, 3.8) is 0 Å². The normalized spacial score (nSPS) is 28.7. The predicted octanol–water partition coefficient (Wildman–Crippen LogP) is 2.40. The van der Waals surface area contributed by atoms with Crippen LogP contribution < -0.4 is 5.32 Å². The smallest absolute Gasteiger partial charge is 0.121 e. The second kappa shape index (κ2) is 3.81. The minimum atomic E-state index is 0.650. The lowest BCUT2D eigenvalue weighted by atomic mass is 9.87. The second-order valence-electron chi connectivity index (χ2n) is 4.07. The summed E-state index contributed by atoms with van der Waals surface area (Å²) in [5.41, 5.74) is 0. The van der Waals surface area contributed by atoms with Crippen LogP contribution in [0.25, 0.3) is 0 Å². The fraction of sp³-hybridized carbons (Fsp3) is 0.700. The van der Waals surface area contributed by atoms with Crippen LogP contribution in [0, 0.1) is 5.92 Å². The number of nitrogens with zero attached hydrogens (tertiary/aromatic N) is 1. The molecule has 13 heavy (non-hydrogen) atoms. The Balaban J connectivity index is 1.83. The molecule has 1 aliphatic carbocycles. The van der Waals surface area contributed by atoms with Crippen LogP contribution in [0.5, 0.6) is 0 Å². The molecule has 1 aliphatic rings. The van der Waals surface area contributed by atoms with E-state index in [4.69, 9.17) is 0 Å². The van der Waals surface area contributed by atoms with Gasteiger partial charge in [-0.15, -0.1) is 0 Å². The molecular formula is C10H17N3. The van der Waals surface area contributed by atoms with E-state index in [1.807, 2.05) is 6.07 Å². The van der Waals surface area contributed by atoms with Crippen LogP contribution in [0.3, 0.4) is 0 Å². The van der Waals surface area contributed by atoms with Crippen molar-refractivity contribution in [1.29, 1.82) is 0 Å². The number of aromatic nitrogens is 2. The quantitative estimate of drug-likeness (QED) is 0.732. The fourth-order valence-corrected chi connectivity index (χ4v) is 1.96. The molecule has 0 aliphatic heterocycles. The van der Waals surface area contributed by atoms with E-state index in [0.29, 0.717) is 6.04 Å². The molecule has 3 nitrogen and oxygen atoms in total. The predicted molar refractivity (Wildman–Crippen MR) is 53.6 cm³/mol. The first-order valence-electron chi connectivity index (χ1n) is 5.10. The van der Waals surface area contributed by atoms with E-state index in [1.54, 1.807) is 6.20 Å². The number of hydrogen-bond acceptors (Lipinski definition) is 2. The van der Waals surface area contributed by atoms with Crippen molar-refractivity contribution < 1.29 is 0 Å². The highest BCUT2D eigenvalue weighted by molar-refractivity contribution is 5.33. The van der Waals surface area contributed by atoms with Gasteiger partial charge >= 0.3 is 0 Å². The van der Waals surface area contributed by atoms with E-state index in [1.165, 1.54) is 25.7 Å². The van der Waals surface area contributed by atoms with Crippen molar-refractivity contribution in [2.24, 2.45) is 5.92 Å². The van der Waals surface area contributed by atoms with Crippen molar-refractivity contribution in [3.8, 4) is 0 Å².